The molecule has 0 unspecified atom stereocenters. The molecule has 0 saturated carbocycles. The van der Waals surface area contributed by atoms with Crippen LogP contribution in [0, 0.1) is 0 Å². The lowest BCUT2D eigenvalue weighted by atomic mass is 10.4. The van der Waals surface area contributed by atoms with Gasteiger partial charge in [0.25, 0.3) is 0 Å². The molecule has 0 atom stereocenters. The maximum Gasteiger partial charge on any atom is 0.0919 e. The normalized spacial score (nSPS) is 19.2. The van der Waals surface area contributed by atoms with Crippen LogP contribution in [-0.4, -0.2) is 10.5 Å². The van der Waals surface area contributed by atoms with E-state index in [-0.39, 0.29) is 0 Å². The van der Waals surface area contributed by atoms with Crippen LogP contribution < -0.4 is 0 Å². The number of halogens is 3. The summed E-state index contributed by atoms with van der Waals surface area (Å²) in [5.74, 6) is 0. The van der Waals surface area contributed by atoms with E-state index >= 15 is 0 Å². The Bertz CT molecular complexity index is 173. The van der Waals surface area contributed by atoms with Crippen molar-refractivity contribution in [2.75, 3.05) is 6.54 Å². The molecule has 4 heteroatoms. The summed E-state index contributed by atoms with van der Waals surface area (Å²) in [5.41, 5.74) is 0. The van der Waals surface area contributed by atoms with Gasteiger partial charge in [0.1, 0.15) is 0 Å². The zero-order chi connectivity index (χ0) is 6.85. The first-order valence-corrected chi connectivity index (χ1v) is 4.66. The van der Waals surface area contributed by atoms with Crippen LogP contribution in [0.2, 0.25) is 0 Å². The second-order valence-corrected chi connectivity index (χ2v) is 4.19. The fourth-order valence-corrected chi connectivity index (χ4v) is 1.80. The first kappa shape index (κ1) is 7.82. The number of hydrogen-bond donors (Lipinski definition) is 0. The lowest BCUT2D eigenvalue weighted by Crippen LogP contribution is -2.09. The summed E-state index contributed by atoms with van der Waals surface area (Å²) in [6.45, 7) is 0.887. The van der Waals surface area contributed by atoms with Crippen LogP contribution in [-0.2, 0) is 0 Å². The first-order valence-electron chi connectivity index (χ1n) is 2.36. The monoisotopic (exact) mass is 315 g/mol. The molecule has 0 aliphatic carbocycles. The molecule has 0 radical (unpaired) electrons. The van der Waals surface area contributed by atoms with E-state index in [1.807, 2.05) is 10.0 Å². The Morgan fingerprint density at radius 2 is 2.11 bits per heavy atom. The van der Waals surface area contributed by atoms with Crippen molar-refractivity contribution in [2.45, 2.75) is 0 Å². The van der Waals surface area contributed by atoms with Gasteiger partial charge < -0.3 is 0 Å². The third-order valence-electron chi connectivity index (χ3n) is 0.935. The molecule has 1 aliphatic heterocycles. The van der Waals surface area contributed by atoms with E-state index in [1.165, 1.54) is 0 Å². The van der Waals surface area contributed by atoms with E-state index in [1.54, 1.807) is 0 Å². The largest absolute Gasteiger partial charge is 0.299 e. The summed E-state index contributed by atoms with van der Waals surface area (Å²) in [4.78, 5) is 0. The highest BCUT2D eigenvalue weighted by Crippen LogP contribution is 2.25. The molecule has 1 heterocycles. The van der Waals surface area contributed by atoms with Gasteiger partial charge >= 0.3 is 0 Å². The predicted octanol–water partition coefficient (Wildman–Crippen LogP) is 3.13. The fraction of sp³-hybridized carbons (Fsp3) is 0.200. The average molecular weight is 318 g/mol. The number of rotatable bonds is 0. The summed E-state index contributed by atoms with van der Waals surface area (Å²) in [5, 5.41) is 0. The molecule has 1 rings (SSSR count). The van der Waals surface area contributed by atoms with Gasteiger partial charge in [-0.2, -0.15) is 0 Å². The Hall–Kier alpha value is 0.720. The molecule has 0 aromatic carbocycles. The van der Waals surface area contributed by atoms with Gasteiger partial charge in [-0.3, -0.25) is 3.93 Å². The molecule has 1 aliphatic rings. The van der Waals surface area contributed by atoms with Crippen LogP contribution in [0.1, 0.15) is 0 Å². The van der Waals surface area contributed by atoms with Crippen molar-refractivity contribution in [1.29, 1.82) is 0 Å². The minimum Gasteiger partial charge on any atom is -0.299 e. The molecule has 1 nitrogen and oxygen atoms in total. The molecular weight excluding hydrogens is 314 g/mol. The second kappa shape index (κ2) is 3.21. The Balaban J connectivity index is 2.74. The third-order valence-corrected chi connectivity index (χ3v) is 3.29. The van der Waals surface area contributed by atoms with Gasteiger partial charge in [0.2, 0.25) is 0 Å². The van der Waals surface area contributed by atoms with Gasteiger partial charge in [0, 0.05) is 11.0 Å². The molecule has 0 bridgehead atoms. The zero-order valence-electron chi connectivity index (χ0n) is 4.44. The van der Waals surface area contributed by atoms with Crippen molar-refractivity contribution < 1.29 is 0 Å². The van der Waals surface area contributed by atoms with Gasteiger partial charge in [0.15, 0.2) is 0 Å². The Morgan fingerprint density at radius 3 is 2.56 bits per heavy atom. The van der Waals surface area contributed by atoms with Gasteiger partial charge in [0.05, 0.1) is 20.8 Å². The zero-order valence-corrected chi connectivity index (χ0v) is 9.20. The SMILES string of the molecule is BrC1=CCN(Br)C(Br)=C1. The van der Waals surface area contributed by atoms with Crippen molar-refractivity contribution in [3.63, 3.8) is 0 Å². The molecule has 0 amide bonds. The van der Waals surface area contributed by atoms with Gasteiger partial charge in [-0.15, -0.1) is 0 Å². The maximum absolute atomic E-state index is 3.36. The maximum atomic E-state index is 3.36. The Morgan fingerprint density at radius 1 is 1.44 bits per heavy atom. The summed E-state index contributed by atoms with van der Waals surface area (Å²) >= 11 is 10.1. The first-order chi connectivity index (χ1) is 4.20. The number of allylic oxidation sites excluding steroid dienone is 2. The van der Waals surface area contributed by atoms with Gasteiger partial charge in [-0.25, -0.2) is 0 Å². The highest BCUT2D eigenvalue weighted by atomic mass is 79.9. The quantitative estimate of drug-likeness (QED) is 0.490. The van der Waals surface area contributed by atoms with Crippen LogP contribution in [0.3, 0.4) is 0 Å². The molecule has 50 valence electrons. The Labute approximate surface area is 79.4 Å². The van der Waals surface area contributed by atoms with Crippen LogP contribution >= 0.6 is 48.0 Å². The molecule has 0 aromatic rings. The summed E-state index contributed by atoms with van der Waals surface area (Å²) in [6, 6.07) is 0. The highest BCUT2D eigenvalue weighted by Gasteiger charge is 2.05. The molecule has 0 fully saturated rings. The number of nitrogens with zero attached hydrogens (tertiary/aromatic N) is 1. The van der Waals surface area contributed by atoms with Crippen molar-refractivity contribution in [1.82, 2.24) is 3.93 Å². The minimum atomic E-state index is 0.887. The van der Waals surface area contributed by atoms with Crippen molar-refractivity contribution in [2.24, 2.45) is 0 Å². The lowest BCUT2D eigenvalue weighted by molar-refractivity contribution is 0.701. The van der Waals surface area contributed by atoms with Gasteiger partial charge in [-0.05, 0) is 28.1 Å². The molecular formula is C5H4Br3N. The van der Waals surface area contributed by atoms with E-state index < -0.39 is 0 Å². The molecule has 0 saturated heterocycles. The van der Waals surface area contributed by atoms with E-state index in [9.17, 15) is 0 Å². The van der Waals surface area contributed by atoms with Crippen molar-refractivity contribution in [3.8, 4) is 0 Å². The van der Waals surface area contributed by atoms with Crippen LogP contribution in [0.4, 0.5) is 0 Å². The van der Waals surface area contributed by atoms with Crippen LogP contribution in [0.5, 0.6) is 0 Å². The summed E-state index contributed by atoms with van der Waals surface area (Å²) in [7, 11) is 0. The van der Waals surface area contributed by atoms with E-state index in [2.05, 4.69) is 54.1 Å². The molecule has 0 spiro atoms. The predicted molar refractivity (Wildman–Crippen MR) is 49.7 cm³/mol. The second-order valence-electron chi connectivity index (χ2n) is 1.60. The summed E-state index contributed by atoms with van der Waals surface area (Å²) < 4.78 is 4.08. The summed E-state index contributed by atoms with van der Waals surface area (Å²) in [6.07, 6.45) is 4.05. The molecule has 9 heavy (non-hydrogen) atoms. The smallest absolute Gasteiger partial charge is 0.0919 e. The topological polar surface area (TPSA) is 3.24 Å². The fourth-order valence-electron chi connectivity index (χ4n) is 0.497. The lowest BCUT2D eigenvalue weighted by Gasteiger charge is -2.16. The average Bonchev–Trinajstić information content (AvgIpc) is 1.80. The standard InChI is InChI=1S/C5H4Br3N/c6-4-1-2-9(8)5(7)3-4/h1,3H,2H2. The van der Waals surface area contributed by atoms with Crippen LogP contribution in [0.15, 0.2) is 21.2 Å². The van der Waals surface area contributed by atoms with Crippen LogP contribution in [0.25, 0.3) is 0 Å². The van der Waals surface area contributed by atoms with Crippen molar-refractivity contribution in [3.05, 3.63) is 21.2 Å². The number of hydrogen-bond acceptors (Lipinski definition) is 1. The molecule has 0 N–H and O–H groups in total. The van der Waals surface area contributed by atoms with Gasteiger partial charge in [-0.1, -0.05) is 15.9 Å². The van der Waals surface area contributed by atoms with Crippen molar-refractivity contribution >= 4 is 48.0 Å². The van der Waals surface area contributed by atoms with E-state index in [0.29, 0.717) is 0 Å². The Kier molecular flexibility index (Phi) is 2.79. The highest BCUT2D eigenvalue weighted by molar-refractivity contribution is 9.13. The minimum absolute atomic E-state index is 0.887. The third kappa shape index (κ3) is 2.09. The molecule has 0 aromatic heterocycles. The van der Waals surface area contributed by atoms with E-state index in [0.717, 1.165) is 15.6 Å². The van der Waals surface area contributed by atoms with E-state index in [4.69, 9.17) is 0 Å².